The van der Waals surface area contributed by atoms with E-state index in [1.165, 1.54) is 16.7 Å². The van der Waals surface area contributed by atoms with Crippen LogP contribution in [0.5, 0.6) is 0 Å². The van der Waals surface area contributed by atoms with Crippen molar-refractivity contribution in [3.05, 3.63) is 29.8 Å². The summed E-state index contributed by atoms with van der Waals surface area (Å²) in [5.74, 6) is -1.28. The Morgan fingerprint density at radius 1 is 1.24 bits per heavy atom. The Morgan fingerprint density at radius 3 is 2.60 bits per heavy atom. The van der Waals surface area contributed by atoms with Crippen LogP contribution in [0, 0.1) is 0 Å². The van der Waals surface area contributed by atoms with Gasteiger partial charge in [-0.1, -0.05) is 12.1 Å². The molecule has 1 aromatic carbocycles. The van der Waals surface area contributed by atoms with Crippen molar-refractivity contribution in [3.8, 4) is 0 Å². The fourth-order valence-corrected chi connectivity index (χ4v) is 3.24. The van der Waals surface area contributed by atoms with Gasteiger partial charge in [0.05, 0.1) is 11.3 Å². The summed E-state index contributed by atoms with van der Waals surface area (Å²) in [6, 6.07) is 6.74. The summed E-state index contributed by atoms with van der Waals surface area (Å²) >= 11 is 1.23. The largest absolute Gasteiger partial charge is 0.452 e. The van der Waals surface area contributed by atoms with Gasteiger partial charge in [-0.3, -0.25) is 19.3 Å². The molecular weight excluding hydrogens is 344 g/mol. The quantitative estimate of drug-likeness (QED) is 0.557. The molecule has 0 N–H and O–H groups in total. The second-order valence-corrected chi connectivity index (χ2v) is 6.71. The number of ether oxygens (including phenoxy) is 1. The maximum Gasteiger partial charge on any atom is 0.339 e. The van der Waals surface area contributed by atoms with Crippen LogP contribution in [0.2, 0.25) is 0 Å². The minimum atomic E-state index is -0.652. The predicted octanol–water partition coefficient (Wildman–Crippen LogP) is 1.17. The maximum atomic E-state index is 12.3. The second-order valence-electron chi connectivity index (χ2n) is 5.69. The summed E-state index contributed by atoms with van der Waals surface area (Å²) in [5, 5.41) is 0. The molecule has 1 saturated heterocycles. The third kappa shape index (κ3) is 5.06. The number of amides is 3. The van der Waals surface area contributed by atoms with Crippen molar-refractivity contribution in [3.63, 3.8) is 0 Å². The van der Waals surface area contributed by atoms with E-state index in [0.29, 0.717) is 29.8 Å². The minimum absolute atomic E-state index is 0.0732. The zero-order valence-corrected chi connectivity index (χ0v) is 15.0. The summed E-state index contributed by atoms with van der Waals surface area (Å²) in [5.41, 5.74) is 0.291. The molecule has 0 bridgehead atoms. The van der Waals surface area contributed by atoms with Gasteiger partial charge in [0.25, 0.3) is 5.91 Å². The normalized spacial score (nSPS) is 13.7. The van der Waals surface area contributed by atoms with Gasteiger partial charge in [-0.2, -0.15) is 0 Å². The zero-order chi connectivity index (χ0) is 18.4. The van der Waals surface area contributed by atoms with Crippen LogP contribution in [-0.2, 0) is 19.1 Å². The van der Waals surface area contributed by atoms with E-state index in [0.717, 1.165) is 4.90 Å². The van der Waals surface area contributed by atoms with E-state index in [-0.39, 0.29) is 17.6 Å². The predicted molar refractivity (Wildman–Crippen MR) is 92.1 cm³/mol. The lowest BCUT2D eigenvalue weighted by Crippen LogP contribution is -2.35. The summed E-state index contributed by atoms with van der Waals surface area (Å²) in [4.78, 5) is 50.6. The molecule has 134 valence electrons. The van der Waals surface area contributed by atoms with E-state index < -0.39 is 18.5 Å². The highest BCUT2D eigenvalue weighted by Crippen LogP contribution is 2.23. The van der Waals surface area contributed by atoms with E-state index in [1.54, 1.807) is 38.4 Å². The van der Waals surface area contributed by atoms with Crippen LogP contribution in [-0.4, -0.2) is 66.5 Å². The van der Waals surface area contributed by atoms with Crippen molar-refractivity contribution in [2.45, 2.75) is 17.7 Å². The average molecular weight is 364 g/mol. The number of carbonyl (C=O) groups is 4. The van der Waals surface area contributed by atoms with Crippen LogP contribution in [0.15, 0.2) is 29.2 Å². The monoisotopic (exact) mass is 364 g/mol. The van der Waals surface area contributed by atoms with Crippen molar-refractivity contribution in [1.29, 1.82) is 0 Å². The molecule has 1 fully saturated rings. The van der Waals surface area contributed by atoms with Gasteiger partial charge in [0.1, 0.15) is 0 Å². The van der Waals surface area contributed by atoms with Crippen LogP contribution in [0.3, 0.4) is 0 Å². The molecule has 1 aromatic rings. The van der Waals surface area contributed by atoms with Gasteiger partial charge in [-0.05, 0) is 18.6 Å². The summed E-state index contributed by atoms with van der Waals surface area (Å²) in [6.07, 6.45) is 0.983. The molecule has 1 heterocycles. The smallest absolute Gasteiger partial charge is 0.339 e. The average Bonchev–Trinajstić information content (AvgIpc) is 3.03. The van der Waals surface area contributed by atoms with Crippen LogP contribution < -0.4 is 0 Å². The molecule has 0 saturated carbocycles. The molecule has 1 aliphatic heterocycles. The molecule has 2 rings (SSSR count). The molecule has 25 heavy (non-hydrogen) atoms. The van der Waals surface area contributed by atoms with Crippen LogP contribution >= 0.6 is 11.8 Å². The fourth-order valence-electron chi connectivity index (χ4n) is 2.22. The van der Waals surface area contributed by atoms with E-state index in [9.17, 15) is 19.2 Å². The number of hydrogen-bond donors (Lipinski definition) is 0. The number of hydrogen-bond acceptors (Lipinski definition) is 6. The number of carbonyl (C=O) groups excluding carboxylic acids is 4. The van der Waals surface area contributed by atoms with Gasteiger partial charge < -0.3 is 9.64 Å². The van der Waals surface area contributed by atoms with Gasteiger partial charge in [-0.15, -0.1) is 11.8 Å². The van der Waals surface area contributed by atoms with Crippen molar-refractivity contribution < 1.29 is 23.9 Å². The molecule has 0 spiro atoms. The molecule has 0 atom stereocenters. The van der Waals surface area contributed by atoms with Crippen LogP contribution in [0.4, 0.5) is 0 Å². The Balaban J connectivity index is 1.96. The molecule has 0 radical (unpaired) electrons. The number of thioether (sulfide) groups is 1. The number of esters is 1. The standard InChI is InChI=1S/C17H20N2O5S/c1-18(2)16(22)11-25-13-7-4-3-6-12(13)17(23)24-10-15(21)19-9-5-8-14(19)20/h3-4,6-7H,5,8-11H2,1-2H3. The first kappa shape index (κ1) is 19.0. The lowest BCUT2D eigenvalue weighted by molar-refractivity contribution is -0.144. The Morgan fingerprint density at radius 2 is 1.96 bits per heavy atom. The van der Waals surface area contributed by atoms with Crippen molar-refractivity contribution >= 4 is 35.5 Å². The Hall–Kier alpha value is -2.35. The molecule has 1 aliphatic rings. The van der Waals surface area contributed by atoms with E-state index in [2.05, 4.69) is 0 Å². The van der Waals surface area contributed by atoms with Crippen LogP contribution in [0.25, 0.3) is 0 Å². The Kier molecular flexibility index (Phi) is 6.58. The third-order valence-electron chi connectivity index (χ3n) is 3.66. The SMILES string of the molecule is CN(C)C(=O)CSc1ccccc1C(=O)OCC(=O)N1CCCC1=O. The van der Waals surface area contributed by atoms with Gasteiger partial charge in [0, 0.05) is 32.0 Å². The second kappa shape index (κ2) is 8.66. The Labute approximate surface area is 150 Å². The first-order valence-electron chi connectivity index (χ1n) is 7.82. The first-order valence-corrected chi connectivity index (χ1v) is 8.81. The molecule has 7 nitrogen and oxygen atoms in total. The minimum Gasteiger partial charge on any atom is -0.452 e. The molecule has 0 aliphatic carbocycles. The first-order chi connectivity index (χ1) is 11.9. The number of nitrogens with zero attached hydrogens (tertiary/aromatic N) is 2. The number of benzene rings is 1. The Bertz CT molecular complexity index is 689. The highest BCUT2D eigenvalue weighted by Gasteiger charge is 2.27. The number of likely N-dealkylation sites (tertiary alicyclic amines) is 1. The van der Waals surface area contributed by atoms with E-state index >= 15 is 0 Å². The van der Waals surface area contributed by atoms with Crippen LogP contribution in [0.1, 0.15) is 23.2 Å². The van der Waals surface area contributed by atoms with Gasteiger partial charge in [0.2, 0.25) is 11.8 Å². The summed E-state index contributed by atoms with van der Waals surface area (Å²) < 4.78 is 5.05. The van der Waals surface area contributed by atoms with Crippen molar-refractivity contribution in [1.82, 2.24) is 9.80 Å². The van der Waals surface area contributed by atoms with Gasteiger partial charge in [-0.25, -0.2) is 4.79 Å². The van der Waals surface area contributed by atoms with E-state index in [4.69, 9.17) is 4.74 Å². The van der Waals surface area contributed by atoms with E-state index in [1.807, 2.05) is 0 Å². The fraction of sp³-hybridized carbons (Fsp3) is 0.412. The number of rotatable bonds is 6. The highest BCUT2D eigenvalue weighted by molar-refractivity contribution is 8.00. The molecule has 8 heteroatoms. The molecule has 0 unspecified atom stereocenters. The lowest BCUT2D eigenvalue weighted by atomic mass is 10.2. The summed E-state index contributed by atoms with van der Waals surface area (Å²) in [6.45, 7) is -0.103. The zero-order valence-electron chi connectivity index (χ0n) is 14.2. The molecular formula is C17H20N2O5S. The van der Waals surface area contributed by atoms with Crippen molar-refractivity contribution in [2.24, 2.45) is 0 Å². The lowest BCUT2D eigenvalue weighted by Gasteiger charge is -2.14. The molecule has 0 aromatic heterocycles. The van der Waals surface area contributed by atoms with Gasteiger partial charge >= 0.3 is 5.97 Å². The number of imide groups is 1. The van der Waals surface area contributed by atoms with Gasteiger partial charge in [0.15, 0.2) is 6.61 Å². The van der Waals surface area contributed by atoms with Crippen molar-refractivity contribution in [2.75, 3.05) is 33.0 Å². The maximum absolute atomic E-state index is 12.3. The third-order valence-corrected chi connectivity index (χ3v) is 4.72. The summed E-state index contributed by atoms with van der Waals surface area (Å²) in [7, 11) is 3.32. The molecule has 3 amide bonds. The topological polar surface area (TPSA) is 84.0 Å². The highest BCUT2D eigenvalue weighted by atomic mass is 32.2.